The van der Waals surface area contributed by atoms with Crippen molar-refractivity contribution in [2.75, 3.05) is 20.3 Å². The Hall–Kier alpha value is -2.69. The van der Waals surface area contributed by atoms with Crippen molar-refractivity contribution in [1.29, 1.82) is 5.41 Å². The Balaban J connectivity index is 1.74. The summed E-state index contributed by atoms with van der Waals surface area (Å²) in [5.74, 6) is 2.33. The van der Waals surface area contributed by atoms with Gasteiger partial charge in [0.2, 0.25) is 0 Å². The van der Waals surface area contributed by atoms with Crippen LogP contribution in [-0.4, -0.2) is 26.2 Å². The molecule has 2 rings (SSSR count). The van der Waals surface area contributed by atoms with E-state index in [4.69, 9.17) is 25.4 Å². The lowest BCUT2D eigenvalue weighted by Gasteiger charge is -2.09. The van der Waals surface area contributed by atoms with Gasteiger partial charge in [0.1, 0.15) is 36.3 Å². The SMILES string of the molecule is COc1ccc(OCCOc2ccc(C(=N)N)cc2)cc1. The molecular formula is C16H18N2O3. The number of nitrogens with one attached hydrogen (secondary N) is 1. The highest BCUT2D eigenvalue weighted by molar-refractivity contribution is 5.94. The normalized spacial score (nSPS) is 9.95. The van der Waals surface area contributed by atoms with E-state index < -0.39 is 0 Å². The van der Waals surface area contributed by atoms with Crippen LogP contribution in [0.5, 0.6) is 17.2 Å². The van der Waals surface area contributed by atoms with E-state index in [1.807, 2.05) is 24.3 Å². The summed E-state index contributed by atoms with van der Waals surface area (Å²) in [4.78, 5) is 0. The van der Waals surface area contributed by atoms with Crippen LogP contribution in [0.3, 0.4) is 0 Å². The lowest BCUT2D eigenvalue weighted by Crippen LogP contribution is -2.11. The monoisotopic (exact) mass is 286 g/mol. The summed E-state index contributed by atoms with van der Waals surface area (Å²) in [7, 11) is 1.63. The Morgan fingerprint density at radius 2 is 1.29 bits per heavy atom. The summed E-state index contributed by atoms with van der Waals surface area (Å²) in [5.41, 5.74) is 6.06. The van der Waals surface area contributed by atoms with Crippen molar-refractivity contribution in [2.24, 2.45) is 5.73 Å². The van der Waals surface area contributed by atoms with E-state index in [2.05, 4.69) is 0 Å². The quantitative estimate of drug-likeness (QED) is 0.465. The lowest BCUT2D eigenvalue weighted by molar-refractivity contribution is 0.217. The predicted octanol–water partition coefficient (Wildman–Crippen LogP) is 2.44. The third kappa shape index (κ3) is 4.42. The van der Waals surface area contributed by atoms with Gasteiger partial charge in [-0.1, -0.05) is 0 Å². The summed E-state index contributed by atoms with van der Waals surface area (Å²) in [6.07, 6.45) is 0. The van der Waals surface area contributed by atoms with Gasteiger partial charge < -0.3 is 19.9 Å². The van der Waals surface area contributed by atoms with Gasteiger partial charge >= 0.3 is 0 Å². The number of hydrogen-bond acceptors (Lipinski definition) is 4. The Morgan fingerprint density at radius 3 is 1.71 bits per heavy atom. The molecular weight excluding hydrogens is 268 g/mol. The van der Waals surface area contributed by atoms with Crippen LogP contribution in [0, 0.1) is 5.41 Å². The van der Waals surface area contributed by atoms with E-state index in [1.165, 1.54) is 0 Å². The molecule has 5 heteroatoms. The summed E-state index contributed by atoms with van der Waals surface area (Å²) in [5, 5.41) is 7.31. The average molecular weight is 286 g/mol. The highest BCUT2D eigenvalue weighted by Crippen LogP contribution is 2.17. The van der Waals surface area contributed by atoms with Crippen molar-refractivity contribution < 1.29 is 14.2 Å². The Labute approximate surface area is 123 Å². The highest BCUT2D eigenvalue weighted by Gasteiger charge is 1.99. The second-order valence-corrected chi connectivity index (χ2v) is 4.31. The van der Waals surface area contributed by atoms with E-state index in [1.54, 1.807) is 31.4 Å². The van der Waals surface area contributed by atoms with Gasteiger partial charge in [0, 0.05) is 5.56 Å². The molecule has 0 fully saturated rings. The van der Waals surface area contributed by atoms with Crippen LogP contribution in [0.4, 0.5) is 0 Å². The van der Waals surface area contributed by atoms with Gasteiger partial charge in [-0.15, -0.1) is 0 Å². The number of methoxy groups -OCH3 is 1. The first-order valence-corrected chi connectivity index (χ1v) is 6.53. The van der Waals surface area contributed by atoms with E-state index >= 15 is 0 Å². The molecule has 110 valence electrons. The minimum atomic E-state index is 0.0457. The molecule has 0 radical (unpaired) electrons. The molecule has 0 amide bonds. The van der Waals surface area contributed by atoms with Crippen LogP contribution in [0.25, 0.3) is 0 Å². The molecule has 2 aromatic rings. The van der Waals surface area contributed by atoms with Crippen molar-refractivity contribution in [3.8, 4) is 17.2 Å². The molecule has 0 aromatic heterocycles. The second kappa shape index (κ2) is 7.19. The number of nitrogen functional groups attached to an aromatic ring is 1. The number of benzene rings is 2. The third-order valence-corrected chi connectivity index (χ3v) is 2.85. The third-order valence-electron chi connectivity index (χ3n) is 2.85. The van der Waals surface area contributed by atoms with Gasteiger partial charge in [-0.25, -0.2) is 0 Å². The van der Waals surface area contributed by atoms with Crippen LogP contribution >= 0.6 is 0 Å². The Morgan fingerprint density at radius 1 is 0.857 bits per heavy atom. The van der Waals surface area contributed by atoms with Crippen LogP contribution in [0.2, 0.25) is 0 Å². The number of amidine groups is 1. The smallest absolute Gasteiger partial charge is 0.122 e. The highest BCUT2D eigenvalue weighted by atomic mass is 16.5. The minimum absolute atomic E-state index is 0.0457. The molecule has 0 saturated heterocycles. The maximum atomic E-state index is 7.31. The van der Waals surface area contributed by atoms with Crippen molar-refractivity contribution in [2.45, 2.75) is 0 Å². The number of rotatable bonds is 7. The minimum Gasteiger partial charge on any atom is -0.497 e. The summed E-state index contributed by atoms with van der Waals surface area (Å²) in [6.45, 7) is 0.881. The fraction of sp³-hybridized carbons (Fsp3) is 0.188. The first-order chi connectivity index (χ1) is 10.2. The molecule has 5 nitrogen and oxygen atoms in total. The number of ether oxygens (including phenoxy) is 3. The van der Waals surface area contributed by atoms with E-state index in [0.29, 0.717) is 18.8 Å². The zero-order chi connectivity index (χ0) is 15.1. The largest absolute Gasteiger partial charge is 0.497 e. The van der Waals surface area contributed by atoms with Gasteiger partial charge in [0.25, 0.3) is 0 Å². The standard InChI is InChI=1S/C16H18N2O3/c1-19-13-6-8-15(9-7-13)21-11-10-20-14-4-2-12(3-5-14)16(17)18/h2-9H,10-11H2,1H3,(H3,17,18). The van der Waals surface area contributed by atoms with Gasteiger partial charge in [-0.05, 0) is 48.5 Å². The first kappa shape index (κ1) is 14.7. The molecule has 0 aliphatic rings. The molecule has 0 unspecified atom stereocenters. The number of hydrogen-bond donors (Lipinski definition) is 2. The van der Waals surface area contributed by atoms with E-state index in [-0.39, 0.29) is 5.84 Å². The summed E-state index contributed by atoms with van der Waals surface area (Å²) < 4.78 is 16.2. The zero-order valence-electron chi connectivity index (χ0n) is 11.8. The van der Waals surface area contributed by atoms with Gasteiger partial charge in [0.05, 0.1) is 7.11 Å². The molecule has 0 bridgehead atoms. The van der Waals surface area contributed by atoms with Crippen LogP contribution in [0.15, 0.2) is 48.5 Å². The fourth-order valence-corrected chi connectivity index (χ4v) is 1.72. The lowest BCUT2D eigenvalue weighted by atomic mass is 10.2. The molecule has 0 spiro atoms. The van der Waals surface area contributed by atoms with E-state index in [0.717, 1.165) is 17.2 Å². The maximum absolute atomic E-state index is 7.31. The van der Waals surface area contributed by atoms with Crippen molar-refractivity contribution >= 4 is 5.84 Å². The van der Waals surface area contributed by atoms with Crippen LogP contribution in [-0.2, 0) is 0 Å². The molecule has 2 aromatic carbocycles. The fourth-order valence-electron chi connectivity index (χ4n) is 1.72. The zero-order valence-corrected chi connectivity index (χ0v) is 11.8. The first-order valence-electron chi connectivity index (χ1n) is 6.53. The topological polar surface area (TPSA) is 77.6 Å². The van der Waals surface area contributed by atoms with Gasteiger partial charge in [-0.3, -0.25) is 5.41 Å². The Kier molecular flexibility index (Phi) is 5.04. The molecule has 21 heavy (non-hydrogen) atoms. The van der Waals surface area contributed by atoms with Crippen LogP contribution < -0.4 is 19.9 Å². The molecule has 0 aliphatic heterocycles. The summed E-state index contributed by atoms with van der Waals surface area (Å²) >= 11 is 0. The molecule has 0 atom stereocenters. The summed E-state index contributed by atoms with van der Waals surface area (Å²) in [6, 6.07) is 14.5. The van der Waals surface area contributed by atoms with Crippen molar-refractivity contribution in [3.63, 3.8) is 0 Å². The molecule has 0 saturated carbocycles. The van der Waals surface area contributed by atoms with E-state index in [9.17, 15) is 0 Å². The van der Waals surface area contributed by atoms with Crippen LogP contribution in [0.1, 0.15) is 5.56 Å². The van der Waals surface area contributed by atoms with Gasteiger partial charge in [0.15, 0.2) is 0 Å². The second-order valence-electron chi connectivity index (χ2n) is 4.31. The Bertz CT molecular complexity index is 579. The molecule has 0 aliphatic carbocycles. The van der Waals surface area contributed by atoms with Gasteiger partial charge in [-0.2, -0.15) is 0 Å². The van der Waals surface area contributed by atoms with Crippen molar-refractivity contribution in [1.82, 2.24) is 0 Å². The average Bonchev–Trinajstić information content (AvgIpc) is 2.52. The van der Waals surface area contributed by atoms with Crippen molar-refractivity contribution in [3.05, 3.63) is 54.1 Å². The molecule has 3 N–H and O–H groups in total. The molecule has 0 heterocycles. The maximum Gasteiger partial charge on any atom is 0.122 e. The number of nitrogens with two attached hydrogens (primary N) is 1. The predicted molar refractivity (Wildman–Crippen MR) is 81.4 cm³/mol.